The van der Waals surface area contributed by atoms with Crippen LogP contribution >= 0.6 is 0 Å². The Morgan fingerprint density at radius 2 is 1.66 bits per heavy atom. The van der Waals surface area contributed by atoms with Gasteiger partial charge >= 0.3 is 0 Å². The van der Waals surface area contributed by atoms with Gasteiger partial charge in [-0.05, 0) is 81.7 Å². The van der Waals surface area contributed by atoms with Crippen molar-refractivity contribution < 1.29 is 19.5 Å². The van der Waals surface area contributed by atoms with Crippen LogP contribution in [0.1, 0.15) is 55.0 Å². The van der Waals surface area contributed by atoms with E-state index in [1.165, 1.54) is 0 Å². The number of hydrogen-bond donors (Lipinski definition) is 2. The molecule has 0 aliphatic carbocycles. The van der Waals surface area contributed by atoms with Gasteiger partial charge in [-0.25, -0.2) is 0 Å². The maximum absolute atomic E-state index is 13.1. The molecule has 7 heteroatoms. The summed E-state index contributed by atoms with van der Waals surface area (Å²) in [6.45, 7) is 10.9. The molecule has 1 aliphatic rings. The van der Waals surface area contributed by atoms with E-state index in [4.69, 9.17) is 9.90 Å². The highest BCUT2D eigenvalue weighted by atomic mass is 16.3. The first-order valence-corrected chi connectivity index (χ1v) is 14.0. The van der Waals surface area contributed by atoms with Crippen molar-refractivity contribution in [1.82, 2.24) is 4.90 Å². The Labute approximate surface area is 244 Å². The van der Waals surface area contributed by atoms with Gasteiger partial charge in [0.2, 0.25) is 5.91 Å². The maximum atomic E-state index is 13.1. The molecule has 3 aromatic rings. The Balaban J connectivity index is 0.00000110. The molecule has 7 nitrogen and oxygen atoms in total. The number of hydrogen-bond acceptors (Lipinski definition) is 5. The van der Waals surface area contributed by atoms with Crippen LogP contribution in [0.4, 0.5) is 11.4 Å². The van der Waals surface area contributed by atoms with Crippen LogP contribution in [-0.4, -0.2) is 55.4 Å². The number of Topliss-reactive ketones (excluding diaryl/α,β-unsaturated/α-hetero) is 1. The molecule has 1 heterocycles. The lowest BCUT2D eigenvalue weighted by Crippen LogP contribution is -2.31. The number of nitrogens with one attached hydrogen (secondary N) is 1. The summed E-state index contributed by atoms with van der Waals surface area (Å²) >= 11 is 0. The van der Waals surface area contributed by atoms with E-state index >= 15 is 0 Å². The van der Waals surface area contributed by atoms with Crippen LogP contribution in [0.2, 0.25) is 0 Å². The first kappa shape index (κ1) is 33.0. The van der Waals surface area contributed by atoms with E-state index in [9.17, 15) is 9.59 Å². The van der Waals surface area contributed by atoms with Gasteiger partial charge in [-0.2, -0.15) is 0 Å². The highest BCUT2D eigenvalue weighted by Gasteiger charge is 2.25. The molecule has 218 valence electrons. The molecule has 0 atom stereocenters. The van der Waals surface area contributed by atoms with Crippen molar-refractivity contribution in [1.29, 1.82) is 0 Å². The predicted molar refractivity (Wildman–Crippen MR) is 169 cm³/mol. The topological polar surface area (TPSA) is 90.0 Å². The van der Waals surface area contributed by atoms with Gasteiger partial charge in [-0.15, -0.1) is 0 Å². The molecule has 1 aliphatic heterocycles. The summed E-state index contributed by atoms with van der Waals surface area (Å²) < 4.78 is 0. The number of benzene rings is 3. The maximum Gasteiger partial charge on any atom is 0.290 e. The molecule has 3 aromatic carbocycles. The summed E-state index contributed by atoms with van der Waals surface area (Å²) in [4.78, 5) is 38.1. The van der Waals surface area contributed by atoms with Crippen molar-refractivity contribution in [3.05, 3.63) is 94.5 Å². The van der Waals surface area contributed by atoms with Crippen LogP contribution in [0.25, 0.3) is 11.3 Å². The molecule has 0 spiro atoms. The lowest BCUT2D eigenvalue weighted by Gasteiger charge is -2.20. The van der Waals surface area contributed by atoms with Gasteiger partial charge in [0.15, 0.2) is 5.78 Å². The first-order chi connectivity index (χ1) is 19.7. The number of ketones is 1. The standard InChI is InChI=1S/C31H35N3O2.C2H6.CH2O2/c1-21-11-13-27(22(2)19-21)30(23(3)35)31(24-9-7-6-8-10-24)32-26-12-14-28-25(20-26)15-18-34(28)29(36)16-17-33(4)5;1-2;2-1-3/h6-14,19-20,32H,15-18H2,1-5H3;1-2H3;1H,(H,2,3)/b31-30+;;. The normalized spacial score (nSPS) is 12.2. The molecule has 0 unspecified atom stereocenters. The van der Waals surface area contributed by atoms with Crippen LogP contribution in [0, 0.1) is 13.8 Å². The zero-order valence-corrected chi connectivity index (χ0v) is 25.3. The minimum absolute atomic E-state index is 0.00660. The molecule has 0 bridgehead atoms. The molecule has 1 amide bonds. The minimum atomic E-state index is -0.250. The van der Waals surface area contributed by atoms with Gasteiger partial charge in [0, 0.05) is 36.5 Å². The molecule has 0 fully saturated rings. The lowest BCUT2D eigenvalue weighted by molar-refractivity contribution is -0.123. The van der Waals surface area contributed by atoms with Crippen molar-refractivity contribution >= 4 is 40.8 Å². The Kier molecular flexibility index (Phi) is 13.0. The fraction of sp³-hybridized carbons (Fsp3) is 0.324. The Morgan fingerprint density at radius 1 is 1.00 bits per heavy atom. The molecular weight excluding hydrogens is 514 g/mol. The Bertz CT molecular complexity index is 1360. The summed E-state index contributed by atoms with van der Waals surface area (Å²) in [5.41, 5.74) is 8.58. The monoisotopic (exact) mass is 557 g/mol. The van der Waals surface area contributed by atoms with Crippen molar-refractivity contribution in [3.8, 4) is 0 Å². The summed E-state index contributed by atoms with van der Waals surface area (Å²) in [7, 11) is 3.96. The molecule has 0 saturated carbocycles. The second-order valence-electron chi connectivity index (χ2n) is 9.91. The van der Waals surface area contributed by atoms with E-state index in [-0.39, 0.29) is 18.2 Å². The number of carboxylic acid groups (broad SMARTS) is 1. The number of carbonyl (C=O) groups excluding carboxylic acids is 2. The van der Waals surface area contributed by atoms with E-state index in [2.05, 4.69) is 24.4 Å². The summed E-state index contributed by atoms with van der Waals surface area (Å²) in [6, 6.07) is 22.3. The second kappa shape index (κ2) is 16.1. The quantitative estimate of drug-likeness (QED) is 0.188. The van der Waals surface area contributed by atoms with Crippen LogP contribution in [0.3, 0.4) is 0 Å². The minimum Gasteiger partial charge on any atom is -0.483 e. The van der Waals surface area contributed by atoms with Gasteiger partial charge in [0.25, 0.3) is 6.47 Å². The van der Waals surface area contributed by atoms with Crippen LogP contribution in [0.5, 0.6) is 0 Å². The number of rotatable bonds is 8. The number of allylic oxidation sites excluding steroid dienone is 1. The van der Waals surface area contributed by atoms with Gasteiger partial charge in [0.05, 0.1) is 5.70 Å². The number of aryl methyl sites for hydroxylation is 2. The number of nitrogens with zero attached hydrogens (tertiary/aromatic N) is 2. The molecule has 4 rings (SSSR count). The van der Waals surface area contributed by atoms with Crippen LogP contribution in [0.15, 0.2) is 66.7 Å². The van der Waals surface area contributed by atoms with Crippen molar-refractivity contribution in [2.45, 2.75) is 47.5 Å². The number of carbonyl (C=O) groups is 3. The molecular formula is C34H43N3O4. The van der Waals surface area contributed by atoms with Gasteiger partial charge in [0.1, 0.15) is 0 Å². The average Bonchev–Trinajstić information content (AvgIpc) is 3.38. The lowest BCUT2D eigenvalue weighted by atomic mass is 9.92. The Morgan fingerprint density at radius 3 is 2.24 bits per heavy atom. The fourth-order valence-corrected chi connectivity index (χ4v) is 4.82. The number of anilines is 2. The van der Waals surface area contributed by atoms with Gasteiger partial charge in [-0.3, -0.25) is 14.4 Å². The SMILES string of the molecule is CC.CC(=O)/C(=C(\Nc1ccc2c(c1)CCN2C(=O)CCN(C)C)c1ccccc1)c1ccc(C)cc1C.O=CO. The third kappa shape index (κ3) is 8.88. The van der Waals surface area contributed by atoms with E-state index in [1.54, 1.807) is 6.92 Å². The summed E-state index contributed by atoms with van der Waals surface area (Å²) in [5.74, 6) is 0.161. The highest BCUT2D eigenvalue weighted by molar-refractivity contribution is 6.28. The molecule has 41 heavy (non-hydrogen) atoms. The molecule has 0 radical (unpaired) electrons. The fourth-order valence-electron chi connectivity index (χ4n) is 4.82. The number of amides is 1. The molecule has 0 saturated heterocycles. The smallest absolute Gasteiger partial charge is 0.290 e. The zero-order valence-electron chi connectivity index (χ0n) is 25.3. The van der Waals surface area contributed by atoms with Gasteiger partial charge < -0.3 is 20.2 Å². The van der Waals surface area contributed by atoms with E-state index in [1.807, 2.05) is 99.3 Å². The van der Waals surface area contributed by atoms with Crippen LogP contribution in [-0.2, 0) is 20.8 Å². The summed E-state index contributed by atoms with van der Waals surface area (Å²) in [5, 5.41) is 10.5. The Hall–Kier alpha value is -4.23. The third-order valence-electron chi connectivity index (χ3n) is 6.63. The second-order valence-corrected chi connectivity index (χ2v) is 9.91. The van der Waals surface area contributed by atoms with Crippen LogP contribution < -0.4 is 10.2 Å². The average molecular weight is 558 g/mol. The van der Waals surface area contributed by atoms with E-state index in [0.29, 0.717) is 18.5 Å². The predicted octanol–water partition coefficient (Wildman–Crippen LogP) is 6.44. The zero-order chi connectivity index (χ0) is 30.5. The third-order valence-corrected chi connectivity index (χ3v) is 6.63. The number of fused-ring (bicyclic) bond motifs is 1. The largest absolute Gasteiger partial charge is 0.483 e. The van der Waals surface area contributed by atoms with Crippen molar-refractivity contribution in [2.75, 3.05) is 37.4 Å². The molecule has 2 N–H and O–H groups in total. The summed E-state index contributed by atoms with van der Waals surface area (Å²) in [6.07, 6.45) is 1.32. The molecule has 0 aromatic heterocycles. The van der Waals surface area contributed by atoms with E-state index in [0.717, 1.165) is 57.9 Å². The highest BCUT2D eigenvalue weighted by Crippen LogP contribution is 2.35. The van der Waals surface area contributed by atoms with Crippen molar-refractivity contribution in [2.24, 2.45) is 0 Å². The van der Waals surface area contributed by atoms with E-state index < -0.39 is 0 Å². The first-order valence-electron chi connectivity index (χ1n) is 14.0. The van der Waals surface area contributed by atoms with Gasteiger partial charge in [-0.1, -0.05) is 67.9 Å². The van der Waals surface area contributed by atoms with Crippen molar-refractivity contribution in [3.63, 3.8) is 0 Å².